The molecule has 0 aliphatic carbocycles. The van der Waals surface area contributed by atoms with Crippen molar-refractivity contribution in [2.24, 2.45) is 0 Å². The SMILES string of the molecule is CNCCc1ccccc1CNCC1(C)CCCO1. The van der Waals surface area contributed by atoms with Gasteiger partial charge in [0, 0.05) is 19.7 Å². The van der Waals surface area contributed by atoms with Gasteiger partial charge < -0.3 is 15.4 Å². The van der Waals surface area contributed by atoms with E-state index in [1.54, 1.807) is 0 Å². The Morgan fingerprint density at radius 1 is 1.26 bits per heavy atom. The van der Waals surface area contributed by atoms with Crippen LogP contribution in [0.4, 0.5) is 0 Å². The summed E-state index contributed by atoms with van der Waals surface area (Å²) in [5.74, 6) is 0. The molecule has 1 aromatic rings. The Balaban J connectivity index is 1.84. The molecule has 0 saturated carbocycles. The van der Waals surface area contributed by atoms with Gasteiger partial charge in [0.15, 0.2) is 0 Å². The Labute approximate surface area is 116 Å². The summed E-state index contributed by atoms with van der Waals surface area (Å²) in [5, 5.41) is 6.77. The number of hydrogen-bond donors (Lipinski definition) is 2. The van der Waals surface area contributed by atoms with Crippen molar-refractivity contribution in [1.82, 2.24) is 10.6 Å². The molecule has 2 N–H and O–H groups in total. The first-order valence-corrected chi connectivity index (χ1v) is 7.30. The van der Waals surface area contributed by atoms with Crippen molar-refractivity contribution < 1.29 is 4.74 Å². The molecule has 1 heterocycles. The van der Waals surface area contributed by atoms with E-state index in [0.29, 0.717) is 0 Å². The van der Waals surface area contributed by atoms with Crippen molar-refractivity contribution in [3.8, 4) is 0 Å². The quantitative estimate of drug-likeness (QED) is 0.789. The minimum atomic E-state index is 0.0416. The summed E-state index contributed by atoms with van der Waals surface area (Å²) < 4.78 is 5.80. The molecule has 0 aromatic heterocycles. The lowest BCUT2D eigenvalue weighted by Gasteiger charge is -2.23. The monoisotopic (exact) mass is 262 g/mol. The van der Waals surface area contributed by atoms with Gasteiger partial charge in [-0.25, -0.2) is 0 Å². The molecular weight excluding hydrogens is 236 g/mol. The molecule has 1 aliphatic rings. The van der Waals surface area contributed by atoms with Crippen molar-refractivity contribution in [2.45, 2.75) is 38.3 Å². The highest BCUT2D eigenvalue weighted by Gasteiger charge is 2.28. The van der Waals surface area contributed by atoms with E-state index in [-0.39, 0.29) is 5.60 Å². The Hall–Kier alpha value is -0.900. The van der Waals surface area contributed by atoms with Crippen LogP contribution in [0.25, 0.3) is 0 Å². The van der Waals surface area contributed by atoms with Gasteiger partial charge in [-0.2, -0.15) is 0 Å². The molecule has 0 bridgehead atoms. The van der Waals surface area contributed by atoms with Gasteiger partial charge in [-0.15, -0.1) is 0 Å². The summed E-state index contributed by atoms with van der Waals surface area (Å²) in [4.78, 5) is 0. The van der Waals surface area contributed by atoms with Crippen molar-refractivity contribution >= 4 is 0 Å². The molecule has 1 unspecified atom stereocenters. The first-order valence-electron chi connectivity index (χ1n) is 7.30. The van der Waals surface area contributed by atoms with Crippen LogP contribution in [0, 0.1) is 0 Å². The largest absolute Gasteiger partial charge is 0.374 e. The van der Waals surface area contributed by atoms with Crippen LogP contribution in [-0.2, 0) is 17.7 Å². The van der Waals surface area contributed by atoms with Crippen LogP contribution < -0.4 is 10.6 Å². The summed E-state index contributed by atoms with van der Waals surface area (Å²) in [7, 11) is 2.00. The van der Waals surface area contributed by atoms with Gasteiger partial charge >= 0.3 is 0 Å². The molecule has 1 saturated heterocycles. The van der Waals surface area contributed by atoms with Gasteiger partial charge in [-0.05, 0) is 50.9 Å². The maximum Gasteiger partial charge on any atom is 0.0779 e. The number of nitrogens with one attached hydrogen (secondary N) is 2. The van der Waals surface area contributed by atoms with Crippen molar-refractivity contribution in [3.05, 3.63) is 35.4 Å². The van der Waals surface area contributed by atoms with Gasteiger partial charge in [0.05, 0.1) is 5.60 Å². The van der Waals surface area contributed by atoms with Gasteiger partial charge in [0.1, 0.15) is 0 Å². The van der Waals surface area contributed by atoms with Gasteiger partial charge in [-0.3, -0.25) is 0 Å². The molecule has 1 atom stereocenters. The van der Waals surface area contributed by atoms with E-state index in [0.717, 1.165) is 32.7 Å². The molecule has 3 nitrogen and oxygen atoms in total. The zero-order valence-electron chi connectivity index (χ0n) is 12.2. The van der Waals surface area contributed by atoms with E-state index < -0.39 is 0 Å². The number of benzene rings is 1. The molecule has 0 radical (unpaired) electrons. The Morgan fingerprint density at radius 2 is 2.05 bits per heavy atom. The number of ether oxygens (including phenoxy) is 1. The number of rotatable bonds is 7. The standard InChI is InChI=1S/C16H26N2O/c1-16(9-5-11-19-16)13-18-12-15-7-4-3-6-14(15)8-10-17-2/h3-4,6-7,17-18H,5,8-13H2,1-2H3. The third kappa shape index (κ3) is 4.30. The lowest BCUT2D eigenvalue weighted by atomic mass is 10.0. The summed E-state index contributed by atoms with van der Waals surface area (Å²) in [6.45, 7) is 6.01. The normalized spacial score (nSPS) is 22.8. The minimum Gasteiger partial charge on any atom is -0.374 e. The lowest BCUT2D eigenvalue weighted by molar-refractivity contribution is 0.0206. The molecule has 0 amide bonds. The third-order valence-electron chi connectivity index (χ3n) is 3.88. The van der Waals surface area contributed by atoms with E-state index in [1.807, 2.05) is 7.05 Å². The van der Waals surface area contributed by atoms with Crippen LogP contribution in [0.2, 0.25) is 0 Å². The van der Waals surface area contributed by atoms with Crippen LogP contribution in [0.5, 0.6) is 0 Å². The summed E-state index contributed by atoms with van der Waals surface area (Å²) >= 11 is 0. The highest BCUT2D eigenvalue weighted by atomic mass is 16.5. The van der Waals surface area contributed by atoms with Crippen molar-refractivity contribution in [3.63, 3.8) is 0 Å². The maximum absolute atomic E-state index is 5.80. The fourth-order valence-corrected chi connectivity index (χ4v) is 2.67. The fraction of sp³-hybridized carbons (Fsp3) is 0.625. The summed E-state index contributed by atoms with van der Waals surface area (Å²) in [6.07, 6.45) is 3.44. The smallest absolute Gasteiger partial charge is 0.0779 e. The van der Waals surface area contributed by atoms with Crippen LogP contribution in [-0.4, -0.2) is 32.3 Å². The highest BCUT2D eigenvalue weighted by molar-refractivity contribution is 5.27. The van der Waals surface area contributed by atoms with E-state index >= 15 is 0 Å². The maximum atomic E-state index is 5.80. The Bertz CT molecular complexity index is 386. The average molecular weight is 262 g/mol. The molecule has 2 rings (SSSR count). The zero-order valence-corrected chi connectivity index (χ0v) is 12.2. The van der Waals surface area contributed by atoms with E-state index in [9.17, 15) is 0 Å². The molecule has 1 aliphatic heterocycles. The van der Waals surface area contributed by atoms with E-state index in [2.05, 4.69) is 41.8 Å². The second kappa shape index (κ2) is 7.04. The van der Waals surface area contributed by atoms with Crippen molar-refractivity contribution in [2.75, 3.05) is 26.7 Å². The average Bonchev–Trinajstić information content (AvgIpc) is 2.85. The molecule has 0 spiro atoms. The number of hydrogen-bond acceptors (Lipinski definition) is 3. The summed E-state index contributed by atoms with van der Waals surface area (Å²) in [5.41, 5.74) is 2.88. The van der Waals surface area contributed by atoms with Crippen molar-refractivity contribution in [1.29, 1.82) is 0 Å². The Kier molecular flexibility index (Phi) is 5.37. The molecular formula is C16H26N2O. The van der Waals surface area contributed by atoms with Crippen LogP contribution >= 0.6 is 0 Å². The predicted octanol–water partition coefficient (Wildman–Crippen LogP) is 2.11. The predicted molar refractivity (Wildman–Crippen MR) is 79.4 cm³/mol. The molecule has 19 heavy (non-hydrogen) atoms. The second-order valence-electron chi connectivity index (χ2n) is 5.63. The van der Waals surface area contributed by atoms with E-state index in [1.165, 1.54) is 24.0 Å². The molecule has 1 fully saturated rings. The zero-order chi connectivity index (χ0) is 13.6. The molecule has 106 valence electrons. The third-order valence-corrected chi connectivity index (χ3v) is 3.88. The molecule has 3 heteroatoms. The Morgan fingerprint density at radius 3 is 2.74 bits per heavy atom. The van der Waals surface area contributed by atoms with Gasteiger partial charge in [0.2, 0.25) is 0 Å². The second-order valence-corrected chi connectivity index (χ2v) is 5.63. The first kappa shape index (κ1) is 14.5. The van der Waals surface area contributed by atoms with Crippen LogP contribution in [0.3, 0.4) is 0 Å². The summed E-state index contributed by atoms with van der Waals surface area (Å²) in [6, 6.07) is 8.68. The first-order chi connectivity index (χ1) is 9.23. The topological polar surface area (TPSA) is 33.3 Å². The fourth-order valence-electron chi connectivity index (χ4n) is 2.67. The van der Waals surface area contributed by atoms with Crippen LogP contribution in [0.1, 0.15) is 30.9 Å². The number of likely N-dealkylation sites (N-methyl/N-ethyl adjacent to an activating group) is 1. The lowest BCUT2D eigenvalue weighted by Crippen LogP contribution is -2.37. The van der Waals surface area contributed by atoms with Crippen LogP contribution in [0.15, 0.2) is 24.3 Å². The highest BCUT2D eigenvalue weighted by Crippen LogP contribution is 2.24. The van der Waals surface area contributed by atoms with E-state index in [4.69, 9.17) is 4.74 Å². The molecule has 1 aromatic carbocycles. The minimum absolute atomic E-state index is 0.0416. The van der Waals surface area contributed by atoms with Gasteiger partial charge in [-0.1, -0.05) is 24.3 Å². The van der Waals surface area contributed by atoms with Gasteiger partial charge in [0.25, 0.3) is 0 Å².